The molecule has 1 amide bonds. The molecule has 0 atom stereocenters. The van der Waals surface area contributed by atoms with Crippen LogP contribution in [0.2, 0.25) is 0 Å². The lowest BCUT2D eigenvalue weighted by Gasteiger charge is -2.18. The first-order chi connectivity index (χ1) is 9.47. The molecule has 20 heavy (non-hydrogen) atoms. The van der Waals surface area contributed by atoms with Crippen LogP contribution in [0.15, 0.2) is 18.2 Å². The molecule has 0 saturated heterocycles. The van der Waals surface area contributed by atoms with Crippen LogP contribution in [-0.4, -0.2) is 41.5 Å². The first kappa shape index (κ1) is 14.3. The van der Waals surface area contributed by atoms with E-state index in [2.05, 4.69) is 5.32 Å². The highest BCUT2D eigenvalue weighted by Crippen LogP contribution is 2.19. The number of nitrogen functional groups attached to an aromatic ring is 1. The molecule has 1 aromatic rings. The summed E-state index contributed by atoms with van der Waals surface area (Å²) in [5.74, 6) is -1.08. The third-order valence-electron chi connectivity index (χ3n) is 3.19. The van der Waals surface area contributed by atoms with Gasteiger partial charge in [-0.05, 0) is 31.5 Å². The third-order valence-corrected chi connectivity index (χ3v) is 3.19. The van der Waals surface area contributed by atoms with Gasteiger partial charge in [0.05, 0.1) is 12.1 Å². The Balaban J connectivity index is 1.99. The fourth-order valence-electron chi connectivity index (χ4n) is 2.11. The number of likely N-dealkylation sites (N-methyl/N-ethyl adjacent to an activating group) is 1. The summed E-state index contributed by atoms with van der Waals surface area (Å²) in [6.07, 6.45) is 2.10. The summed E-state index contributed by atoms with van der Waals surface area (Å²) in [6.45, 7) is 0.606. The maximum Gasteiger partial charge on any atom is 0.338 e. The van der Waals surface area contributed by atoms with Gasteiger partial charge in [-0.1, -0.05) is 12.1 Å². The Morgan fingerprint density at radius 1 is 1.45 bits per heavy atom. The second-order valence-corrected chi connectivity index (χ2v) is 5.20. The predicted octanol–water partition coefficient (Wildman–Crippen LogP) is 0.677. The molecule has 0 unspecified atom stereocenters. The average Bonchev–Trinajstić information content (AvgIpc) is 3.11. The van der Waals surface area contributed by atoms with E-state index in [0.29, 0.717) is 18.2 Å². The summed E-state index contributed by atoms with van der Waals surface area (Å²) in [4.78, 5) is 24.7. The molecule has 0 radical (unpaired) electrons. The molecule has 0 bridgehead atoms. The zero-order chi connectivity index (χ0) is 14.7. The van der Waals surface area contributed by atoms with Crippen LogP contribution in [0, 0.1) is 0 Å². The number of amides is 1. The quantitative estimate of drug-likeness (QED) is 0.664. The van der Waals surface area contributed by atoms with E-state index in [9.17, 15) is 14.7 Å². The van der Waals surface area contributed by atoms with Crippen molar-refractivity contribution in [3.8, 4) is 0 Å². The summed E-state index contributed by atoms with van der Waals surface area (Å²) >= 11 is 0. The standard InChI is InChI=1S/C14H19N3O3/c1-17(8-12(18)16-10-5-6-10)7-9-3-2-4-11(15)13(9)14(19)20/h2-4,10H,5-8,15H2,1H3,(H,16,18)(H,19,20). The fourth-order valence-corrected chi connectivity index (χ4v) is 2.11. The number of hydrogen-bond donors (Lipinski definition) is 3. The van der Waals surface area contributed by atoms with Crippen LogP contribution >= 0.6 is 0 Å². The van der Waals surface area contributed by atoms with Crippen molar-refractivity contribution in [1.82, 2.24) is 10.2 Å². The summed E-state index contributed by atoms with van der Waals surface area (Å²) < 4.78 is 0. The lowest BCUT2D eigenvalue weighted by molar-refractivity contribution is -0.122. The molecule has 0 spiro atoms. The Kier molecular flexibility index (Phi) is 4.24. The molecule has 6 heteroatoms. The third kappa shape index (κ3) is 3.71. The highest BCUT2D eigenvalue weighted by molar-refractivity contribution is 5.95. The number of rotatable bonds is 6. The Hall–Kier alpha value is -2.08. The van der Waals surface area contributed by atoms with Gasteiger partial charge < -0.3 is 16.2 Å². The van der Waals surface area contributed by atoms with Crippen molar-refractivity contribution in [1.29, 1.82) is 0 Å². The first-order valence-electron chi connectivity index (χ1n) is 6.56. The van der Waals surface area contributed by atoms with Crippen LogP contribution in [0.25, 0.3) is 0 Å². The van der Waals surface area contributed by atoms with Crippen molar-refractivity contribution < 1.29 is 14.7 Å². The lowest BCUT2D eigenvalue weighted by Crippen LogP contribution is -2.36. The van der Waals surface area contributed by atoms with Crippen molar-refractivity contribution >= 4 is 17.6 Å². The van der Waals surface area contributed by atoms with Crippen LogP contribution in [0.1, 0.15) is 28.8 Å². The number of nitrogens with one attached hydrogen (secondary N) is 1. The normalized spacial score (nSPS) is 14.3. The summed E-state index contributed by atoms with van der Waals surface area (Å²) in [7, 11) is 1.78. The van der Waals surface area contributed by atoms with E-state index in [-0.39, 0.29) is 23.7 Å². The first-order valence-corrected chi connectivity index (χ1v) is 6.56. The number of anilines is 1. The highest BCUT2D eigenvalue weighted by atomic mass is 16.4. The largest absolute Gasteiger partial charge is 0.478 e. The molecular weight excluding hydrogens is 258 g/mol. The maximum atomic E-state index is 11.7. The van der Waals surface area contributed by atoms with Gasteiger partial charge in [0.1, 0.15) is 0 Å². The van der Waals surface area contributed by atoms with Crippen molar-refractivity contribution in [3.63, 3.8) is 0 Å². The number of nitrogens with two attached hydrogens (primary N) is 1. The Morgan fingerprint density at radius 3 is 2.75 bits per heavy atom. The minimum absolute atomic E-state index is 0.0317. The second kappa shape index (κ2) is 5.92. The number of carbonyl (C=O) groups is 2. The van der Waals surface area contributed by atoms with E-state index in [0.717, 1.165) is 12.8 Å². The van der Waals surface area contributed by atoms with Crippen LogP contribution in [0.5, 0.6) is 0 Å². The average molecular weight is 277 g/mol. The zero-order valence-electron chi connectivity index (χ0n) is 11.4. The molecule has 0 aliphatic heterocycles. The SMILES string of the molecule is CN(CC(=O)NC1CC1)Cc1cccc(N)c1C(=O)O. The maximum absolute atomic E-state index is 11.7. The van der Waals surface area contributed by atoms with Crippen molar-refractivity contribution in [3.05, 3.63) is 29.3 Å². The molecule has 1 aliphatic rings. The van der Waals surface area contributed by atoms with Crippen LogP contribution in [0.3, 0.4) is 0 Å². The van der Waals surface area contributed by atoms with Gasteiger partial charge in [0.15, 0.2) is 0 Å². The van der Waals surface area contributed by atoms with Crippen LogP contribution in [0.4, 0.5) is 5.69 Å². The molecule has 1 aromatic carbocycles. The number of carbonyl (C=O) groups excluding carboxylic acids is 1. The number of aromatic carboxylic acids is 1. The van der Waals surface area contributed by atoms with Crippen LogP contribution in [-0.2, 0) is 11.3 Å². The van der Waals surface area contributed by atoms with E-state index in [1.165, 1.54) is 0 Å². The fraction of sp³-hybridized carbons (Fsp3) is 0.429. The molecule has 0 aromatic heterocycles. The van der Waals surface area contributed by atoms with Gasteiger partial charge in [0.2, 0.25) is 5.91 Å². The Labute approximate surface area is 117 Å². The van der Waals surface area contributed by atoms with Gasteiger partial charge in [-0.15, -0.1) is 0 Å². The molecular formula is C14H19N3O3. The van der Waals surface area contributed by atoms with Crippen molar-refractivity contribution in [2.75, 3.05) is 19.3 Å². The Morgan fingerprint density at radius 2 is 2.15 bits per heavy atom. The number of carboxylic acid groups (broad SMARTS) is 1. The molecule has 108 valence electrons. The number of hydrogen-bond acceptors (Lipinski definition) is 4. The smallest absolute Gasteiger partial charge is 0.338 e. The number of carboxylic acids is 1. The molecule has 6 nitrogen and oxygen atoms in total. The van der Waals surface area contributed by atoms with Crippen LogP contribution < -0.4 is 11.1 Å². The van der Waals surface area contributed by atoms with Gasteiger partial charge in [-0.25, -0.2) is 4.79 Å². The van der Waals surface area contributed by atoms with E-state index >= 15 is 0 Å². The summed E-state index contributed by atoms with van der Waals surface area (Å²) in [5.41, 5.74) is 6.66. The second-order valence-electron chi connectivity index (χ2n) is 5.20. The van der Waals surface area contributed by atoms with Gasteiger partial charge >= 0.3 is 5.97 Å². The molecule has 1 saturated carbocycles. The lowest BCUT2D eigenvalue weighted by atomic mass is 10.1. The van der Waals surface area contributed by atoms with E-state index in [1.807, 2.05) is 0 Å². The van der Waals surface area contributed by atoms with E-state index in [1.54, 1.807) is 30.1 Å². The minimum atomic E-state index is -1.05. The minimum Gasteiger partial charge on any atom is -0.478 e. The molecule has 2 rings (SSSR count). The van der Waals surface area contributed by atoms with E-state index in [4.69, 9.17) is 5.73 Å². The van der Waals surface area contributed by atoms with Gasteiger partial charge in [0, 0.05) is 18.3 Å². The summed E-state index contributed by atoms with van der Waals surface area (Å²) in [5, 5.41) is 12.1. The topological polar surface area (TPSA) is 95.7 Å². The monoisotopic (exact) mass is 277 g/mol. The van der Waals surface area contributed by atoms with Gasteiger partial charge in [-0.3, -0.25) is 9.69 Å². The predicted molar refractivity (Wildman–Crippen MR) is 75.3 cm³/mol. The van der Waals surface area contributed by atoms with Gasteiger partial charge in [-0.2, -0.15) is 0 Å². The Bertz CT molecular complexity index is 526. The molecule has 4 N–H and O–H groups in total. The number of nitrogens with zero attached hydrogens (tertiary/aromatic N) is 1. The van der Waals surface area contributed by atoms with Crippen molar-refractivity contribution in [2.45, 2.75) is 25.4 Å². The van der Waals surface area contributed by atoms with Crippen molar-refractivity contribution in [2.24, 2.45) is 0 Å². The highest BCUT2D eigenvalue weighted by Gasteiger charge is 2.23. The molecule has 1 fully saturated rings. The van der Waals surface area contributed by atoms with Gasteiger partial charge in [0.25, 0.3) is 0 Å². The molecule has 1 aliphatic carbocycles. The zero-order valence-corrected chi connectivity index (χ0v) is 11.4. The van der Waals surface area contributed by atoms with E-state index < -0.39 is 5.97 Å². The number of benzene rings is 1. The molecule has 0 heterocycles. The summed E-state index contributed by atoms with van der Waals surface area (Å²) in [6, 6.07) is 5.33.